The fourth-order valence-electron chi connectivity index (χ4n) is 5.75. The molecule has 3 aromatic heterocycles. The molecule has 8 nitrogen and oxygen atoms in total. The average Bonchev–Trinajstić information content (AvgIpc) is 3.20. The van der Waals surface area contributed by atoms with E-state index in [1.165, 1.54) is 6.33 Å². The molecule has 2 fully saturated rings. The lowest BCUT2D eigenvalue weighted by molar-refractivity contribution is -0.149. The van der Waals surface area contributed by atoms with E-state index in [1.54, 1.807) is 19.3 Å². The minimum atomic E-state index is -0.846. The zero-order chi connectivity index (χ0) is 22.5. The lowest BCUT2D eigenvalue weighted by Gasteiger charge is -2.50. The molecule has 2 aliphatic rings. The van der Waals surface area contributed by atoms with E-state index in [1.807, 2.05) is 0 Å². The van der Waals surface area contributed by atoms with Gasteiger partial charge in [-0.25, -0.2) is 19.3 Å². The number of fused-ring (bicyclic) bond motifs is 3. The van der Waals surface area contributed by atoms with E-state index in [2.05, 4.69) is 31.3 Å². The van der Waals surface area contributed by atoms with E-state index in [-0.39, 0.29) is 22.9 Å². The van der Waals surface area contributed by atoms with Crippen LogP contribution in [0.4, 0.5) is 10.2 Å². The van der Waals surface area contributed by atoms with Crippen LogP contribution in [0.3, 0.4) is 0 Å². The summed E-state index contributed by atoms with van der Waals surface area (Å²) < 4.78 is 15.4. The number of nitrogens with zero attached hydrogens (tertiary/aromatic N) is 4. The molecule has 3 heterocycles. The van der Waals surface area contributed by atoms with Gasteiger partial charge in [-0.2, -0.15) is 5.26 Å². The summed E-state index contributed by atoms with van der Waals surface area (Å²) >= 11 is 0. The van der Waals surface area contributed by atoms with Gasteiger partial charge in [-0.1, -0.05) is 12.8 Å². The standard InChI is InChI=1S/C23H23FN6O2/c1-12-14(8-25)19(15-10-27-20-16(15)9-26-11-28-20)29-21(18(12)24)30-23-6-2-4-13(5-3-7-23)17(23)22(31)32/h9-11,13,17H,2-7H2,1H3,(H,29,30)(H,31,32)(H,26,27,28)/t13?,17-,23?/m1/s1. The number of carbonyl (C=O) groups is 1. The first-order valence-corrected chi connectivity index (χ1v) is 10.8. The van der Waals surface area contributed by atoms with E-state index in [9.17, 15) is 15.2 Å². The van der Waals surface area contributed by atoms with Gasteiger partial charge in [0.1, 0.15) is 18.0 Å². The number of halogens is 1. The number of carboxylic acids is 1. The fourth-order valence-corrected chi connectivity index (χ4v) is 5.75. The van der Waals surface area contributed by atoms with Crippen LogP contribution < -0.4 is 5.32 Å². The Balaban J connectivity index is 1.66. The minimum Gasteiger partial charge on any atom is -0.481 e. The Hall–Kier alpha value is -3.54. The number of hydrogen-bond donors (Lipinski definition) is 3. The van der Waals surface area contributed by atoms with Crippen molar-refractivity contribution in [3.63, 3.8) is 0 Å². The third-order valence-corrected chi connectivity index (χ3v) is 7.19. The number of aliphatic carboxylic acids is 1. The Kier molecular flexibility index (Phi) is 4.81. The molecule has 0 aliphatic heterocycles. The molecule has 5 rings (SSSR count). The minimum absolute atomic E-state index is 0.00324. The van der Waals surface area contributed by atoms with Crippen molar-refractivity contribution in [2.45, 2.75) is 51.0 Å². The van der Waals surface area contributed by atoms with Gasteiger partial charge < -0.3 is 15.4 Å². The van der Waals surface area contributed by atoms with E-state index < -0.39 is 23.2 Å². The molecular formula is C23H23FN6O2. The number of pyridine rings is 1. The monoisotopic (exact) mass is 434 g/mol. The Labute approximate surface area is 183 Å². The second kappa shape index (κ2) is 7.55. The van der Waals surface area contributed by atoms with Crippen molar-refractivity contribution >= 4 is 22.8 Å². The van der Waals surface area contributed by atoms with Gasteiger partial charge >= 0.3 is 5.97 Å². The Bertz CT molecular complexity index is 1250. The maximum Gasteiger partial charge on any atom is 0.309 e. The molecule has 0 amide bonds. The number of anilines is 1. The SMILES string of the molecule is Cc1c(F)c(NC23CCCC(CCC2)[C@@H]3C(=O)O)nc(-c2c[nH]c3ncncc23)c1C#N. The molecule has 3 aromatic rings. The van der Waals surface area contributed by atoms with Crippen LogP contribution in [-0.2, 0) is 4.79 Å². The third kappa shape index (κ3) is 3.01. The summed E-state index contributed by atoms with van der Waals surface area (Å²) in [6.07, 6.45) is 9.56. The van der Waals surface area contributed by atoms with Gasteiger partial charge in [0.25, 0.3) is 0 Å². The largest absolute Gasteiger partial charge is 0.481 e. The summed E-state index contributed by atoms with van der Waals surface area (Å²) in [5.41, 5.74) is 1.07. The van der Waals surface area contributed by atoms with Crippen molar-refractivity contribution in [3.8, 4) is 17.3 Å². The quantitative estimate of drug-likeness (QED) is 0.562. The van der Waals surface area contributed by atoms with E-state index >= 15 is 4.39 Å². The van der Waals surface area contributed by atoms with Crippen LogP contribution in [0.25, 0.3) is 22.3 Å². The zero-order valence-electron chi connectivity index (χ0n) is 17.7. The van der Waals surface area contributed by atoms with E-state index in [0.29, 0.717) is 35.1 Å². The Morgan fingerprint density at radius 3 is 2.81 bits per heavy atom. The average molecular weight is 434 g/mol. The third-order valence-electron chi connectivity index (χ3n) is 7.19. The fraction of sp³-hybridized carbons (Fsp3) is 0.435. The van der Waals surface area contributed by atoms with Gasteiger partial charge in [0.05, 0.1) is 22.7 Å². The van der Waals surface area contributed by atoms with Crippen LogP contribution >= 0.6 is 0 Å². The van der Waals surface area contributed by atoms with Crippen molar-refractivity contribution in [1.82, 2.24) is 19.9 Å². The summed E-state index contributed by atoms with van der Waals surface area (Å²) in [5.74, 6) is -1.98. The molecule has 164 valence electrons. The van der Waals surface area contributed by atoms with Gasteiger partial charge in [-0.05, 0) is 38.5 Å². The lowest BCUT2D eigenvalue weighted by atomic mass is 9.59. The maximum atomic E-state index is 15.4. The smallest absolute Gasteiger partial charge is 0.309 e. The number of carboxylic acid groups (broad SMARTS) is 1. The lowest BCUT2D eigenvalue weighted by Crippen LogP contribution is -2.57. The predicted molar refractivity (Wildman–Crippen MR) is 115 cm³/mol. The first kappa shape index (κ1) is 20.4. The van der Waals surface area contributed by atoms with Crippen molar-refractivity contribution in [1.29, 1.82) is 5.26 Å². The maximum absolute atomic E-state index is 15.4. The number of aromatic nitrogens is 4. The normalized spacial score (nSPS) is 24.8. The number of hydrogen-bond acceptors (Lipinski definition) is 6. The highest BCUT2D eigenvalue weighted by molar-refractivity contribution is 5.93. The molecule has 0 radical (unpaired) electrons. The van der Waals surface area contributed by atoms with Gasteiger partial charge in [0, 0.05) is 28.9 Å². The summed E-state index contributed by atoms with van der Waals surface area (Å²) in [6, 6.07) is 2.08. The number of nitrogens with one attached hydrogen (secondary N) is 2. The first-order chi connectivity index (χ1) is 15.4. The van der Waals surface area contributed by atoms with Gasteiger partial charge in [-0.15, -0.1) is 0 Å². The van der Waals surface area contributed by atoms with Crippen molar-refractivity contribution in [2.24, 2.45) is 11.8 Å². The Morgan fingerprint density at radius 2 is 2.12 bits per heavy atom. The molecule has 0 saturated heterocycles. The summed E-state index contributed by atoms with van der Waals surface area (Å²) in [5, 5.41) is 23.7. The molecule has 32 heavy (non-hydrogen) atoms. The van der Waals surface area contributed by atoms with E-state index in [4.69, 9.17) is 0 Å². The van der Waals surface area contributed by atoms with Gasteiger partial charge in [-0.3, -0.25) is 4.79 Å². The number of aromatic amines is 1. The van der Waals surface area contributed by atoms with Gasteiger partial charge in [0.2, 0.25) is 0 Å². The summed E-state index contributed by atoms with van der Waals surface area (Å²) in [4.78, 5) is 28.0. The molecule has 2 saturated carbocycles. The molecule has 2 aliphatic carbocycles. The second-order valence-electron chi connectivity index (χ2n) is 8.86. The molecule has 9 heteroatoms. The molecule has 1 atom stereocenters. The van der Waals surface area contributed by atoms with Crippen LogP contribution in [0.5, 0.6) is 0 Å². The van der Waals surface area contributed by atoms with Crippen LogP contribution in [0.1, 0.15) is 49.7 Å². The zero-order valence-corrected chi connectivity index (χ0v) is 17.7. The molecule has 3 N–H and O–H groups in total. The van der Waals surface area contributed by atoms with Crippen molar-refractivity contribution in [2.75, 3.05) is 5.32 Å². The number of rotatable bonds is 4. The predicted octanol–water partition coefficient (Wildman–Crippen LogP) is 4.17. The molecule has 0 unspecified atom stereocenters. The molecule has 0 aromatic carbocycles. The highest BCUT2D eigenvalue weighted by Gasteiger charge is 2.52. The topological polar surface area (TPSA) is 128 Å². The molecule has 0 spiro atoms. The summed E-state index contributed by atoms with van der Waals surface area (Å²) in [6.45, 7) is 1.55. The highest BCUT2D eigenvalue weighted by atomic mass is 19.1. The van der Waals surface area contributed by atoms with Gasteiger partial charge in [0.15, 0.2) is 11.6 Å². The van der Waals surface area contributed by atoms with Crippen LogP contribution in [-0.4, -0.2) is 36.6 Å². The summed E-state index contributed by atoms with van der Waals surface area (Å²) in [7, 11) is 0. The number of H-pyrrole nitrogens is 1. The van der Waals surface area contributed by atoms with Crippen LogP contribution in [0.15, 0.2) is 18.7 Å². The molecule has 2 bridgehead atoms. The van der Waals surface area contributed by atoms with E-state index in [0.717, 1.165) is 25.7 Å². The highest BCUT2D eigenvalue weighted by Crippen LogP contribution is 2.49. The van der Waals surface area contributed by atoms with Crippen LogP contribution in [0.2, 0.25) is 0 Å². The number of nitriles is 1. The first-order valence-electron chi connectivity index (χ1n) is 10.8. The Morgan fingerprint density at radius 1 is 1.38 bits per heavy atom. The molecular weight excluding hydrogens is 411 g/mol. The van der Waals surface area contributed by atoms with Crippen molar-refractivity contribution < 1.29 is 14.3 Å². The second-order valence-corrected chi connectivity index (χ2v) is 8.86. The van der Waals surface area contributed by atoms with Crippen LogP contribution in [0, 0.1) is 35.9 Å². The van der Waals surface area contributed by atoms with Crippen molar-refractivity contribution in [3.05, 3.63) is 35.7 Å².